The minimum atomic E-state index is -4.69. The number of carbonyl (C=O) groups excluding carboxylic acids is 1. The zero-order valence-electron chi connectivity index (χ0n) is 45.6. The number of aliphatic hydroxyl groups is 1. The van der Waals surface area contributed by atoms with Gasteiger partial charge in [-0.2, -0.15) is 8.78 Å². The molecule has 6 aromatic rings. The third kappa shape index (κ3) is 11.7. The fourth-order valence-electron chi connectivity index (χ4n) is 12.9. The summed E-state index contributed by atoms with van der Waals surface area (Å²) in [5.41, 5.74) is 5.50. The SMILES string of the molecule is CC(C)c1ccccc1[C@@H]1CN(Cc2ccc(OC(F)F)cc2)CCN1C1CC2(CCN(c3ccc(C(=O)NS(=O)(=O)c4cc([NH+](C)[O-])c(NCC5CCC(C)(O)CC5)c5[nH]cnc45)c(Oc4ccc5c(n4)C(F)=CC5)c3)CC2)C1. The Balaban J connectivity index is 0.801. The predicted octanol–water partition coefficient (Wildman–Crippen LogP) is 9.77. The Labute approximate surface area is 465 Å². The number of imidazole rings is 1. The number of H-pyrrole nitrogens is 1. The number of quaternary nitrogens is 1. The third-order valence-corrected chi connectivity index (χ3v) is 18.8. The molecule has 2 aromatic heterocycles. The number of sulfonamides is 1. The van der Waals surface area contributed by atoms with Gasteiger partial charge in [0, 0.05) is 81.8 Å². The Morgan fingerprint density at radius 3 is 2.45 bits per heavy atom. The van der Waals surface area contributed by atoms with Gasteiger partial charge in [0.25, 0.3) is 15.9 Å². The van der Waals surface area contributed by atoms with Crippen LogP contribution in [0.5, 0.6) is 17.4 Å². The van der Waals surface area contributed by atoms with E-state index in [1.54, 1.807) is 36.4 Å². The second-order valence-electron chi connectivity index (χ2n) is 23.3. The largest absolute Gasteiger partial charge is 0.629 e. The minimum Gasteiger partial charge on any atom is -0.629 e. The van der Waals surface area contributed by atoms with Gasteiger partial charge in [-0.3, -0.25) is 14.6 Å². The molecular formula is C60H70F3N9O7S. The summed E-state index contributed by atoms with van der Waals surface area (Å²) in [7, 11) is -3.34. The molecule has 2 aliphatic heterocycles. The fourth-order valence-corrected chi connectivity index (χ4v) is 14.1. The number of aromatic nitrogens is 3. The van der Waals surface area contributed by atoms with E-state index in [-0.39, 0.29) is 62.1 Å². The summed E-state index contributed by atoms with van der Waals surface area (Å²) >= 11 is 0. The van der Waals surface area contributed by atoms with Gasteiger partial charge in [0.05, 0.1) is 30.1 Å². The number of piperazine rings is 1. The van der Waals surface area contributed by atoms with Gasteiger partial charge in [-0.1, -0.05) is 56.3 Å². The van der Waals surface area contributed by atoms with E-state index in [4.69, 9.17) is 4.74 Å². The van der Waals surface area contributed by atoms with E-state index in [0.29, 0.717) is 61.1 Å². The quantitative estimate of drug-likeness (QED) is 0.0543. The number of fused-ring (bicyclic) bond motifs is 2. The van der Waals surface area contributed by atoms with E-state index in [1.165, 1.54) is 42.7 Å². The van der Waals surface area contributed by atoms with Crippen molar-refractivity contribution >= 4 is 49.9 Å². The normalized spacial score (nSPS) is 22.1. The Morgan fingerprint density at radius 2 is 1.73 bits per heavy atom. The smallest absolute Gasteiger partial charge is 0.387 e. The van der Waals surface area contributed by atoms with Crippen LogP contribution in [0.2, 0.25) is 0 Å². The van der Waals surface area contributed by atoms with Gasteiger partial charge in [0.15, 0.2) is 5.69 Å². The zero-order valence-corrected chi connectivity index (χ0v) is 46.4. The number of nitrogens with zero attached hydrogens (tertiary/aromatic N) is 5. The Morgan fingerprint density at radius 1 is 0.975 bits per heavy atom. The maximum atomic E-state index is 14.9. The van der Waals surface area contributed by atoms with Gasteiger partial charge in [-0.05, 0) is 135 Å². The summed E-state index contributed by atoms with van der Waals surface area (Å²) in [6.07, 6.45) is 10.0. The first-order valence-corrected chi connectivity index (χ1v) is 29.4. The first-order valence-electron chi connectivity index (χ1n) is 27.9. The molecule has 0 bridgehead atoms. The van der Waals surface area contributed by atoms with E-state index in [1.807, 2.05) is 19.1 Å². The maximum Gasteiger partial charge on any atom is 0.387 e. The average Bonchev–Trinajstić information content (AvgIpc) is 3.77. The van der Waals surface area contributed by atoms with Crippen LogP contribution in [-0.4, -0.2) is 109 Å². The number of hydroxylamine groups is 1. The van der Waals surface area contributed by atoms with Crippen molar-refractivity contribution < 1.29 is 46.0 Å². The molecule has 4 aromatic carbocycles. The molecule has 2 atom stereocenters. The summed E-state index contributed by atoms with van der Waals surface area (Å²) in [5.74, 6) is -0.709. The van der Waals surface area contributed by atoms with Crippen LogP contribution in [0.4, 0.5) is 30.2 Å². The summed E-state index contributed by atoms with van der Waals surface area (Å²) < 4.78 is 82.6. The molecule has 5 aliphatic rings. The molecule has 5 N–H and O–H groups in total. The summed E-state index contributed by atoms with van der Waals surface area (Å²) in [6.45, 7) is 8.70. The number of hydrogen-bond acceptors (Lipinski definition) is 13. The number of pyridine rings is 1. The number of amides is 1. The van der Waals surface area contributed by atoms with Crippen molar-refractivity contribution in [2.45, 2.75) is 120 Å². The molecule has 4 heterocycles. The van der Waals surface area contributed by atoms with Crippen LogP contribution in [0.25, 0.3) is 16.9 Å². The number of nitrogens with one attached hydrogen (secondary N) is 4. The molecule has 2 saturated heterocycles. The molecule has 0 radical (unpaired) electrons. The number of ether oxygens (including phenoxy) is 2. The molecule has 20 heteroatoms. The van der Waals surface area contributed by atoms with Crippen LogP contribution < -0.4 is 29.5 Å². The van der Waals surface area contributed by atoms with Crippen LogP contribution in [0.3, 0.4) is 0 Å². The van der Waals surface area contributed by atoms with Crippen LogP contribution >= 0.6 is 0 Å². The molecule has 3 aliphatic carbocycles. The standard InChI is InChI=1S/C60H70F3N9O7S/c1-37(2)44-7-5-6-8-45(44)49-35-70(34-39-9-14-43(15-10-39)78-58(62)63)27-28-72(49)42-31-60(32-42)23-25-71(26-24-60)41-13-16-46(50(29-41)79-52-18-12-40-11-17-47(61)53(40)67-52)57(73)68-80(76,77)51-30-48(69(4)75)54(56-55(51)65-36-66-56)64-33-38-19-21-59(3,74)22-20-38/h5-10,12-18,29-30,36-38,42,49,58,64,69,74H,11,19-28,31-35H2,1-4H3,(H,65,66)(H,68,73)/t38?,49-,59?/m0/s1. The summed E-state index contributed by atoms with van der Waals surface area (Å²) in [6, 6.07) is 25.8. The number of benzene rings is 4. The van der Waals surface area contributed by atoms with E-state index in [0.717, 1.165) is 82.5 Å². The first kappa shape index (κ1) is 55.4. The fraction of sp³-hybridized carbons (Fsp3) is 0.450. The number of aromatic amines is 1. The molecule has 16 nitrogen and oxygen atoms in total. The van der Waals surface area contributed by atoms with Crippen molar-refractivity contribution in [2.24, 2.45) is 11.3 Å². The molecule has 424 valence electrons. The number of allylic oxidation sites excluding steroid dienone is 1. The average molecular weight is 1120 g/mol. The lowest BCUT2D eigenvalue weighted by Gasteiger charge is -2.58. The minimum absolute atomic E-state index is 0.0248. The van der Waals surface area contributed by atoms with E-state index >= 15 is 0 Å². The second kappa shape index (κ2) is 22.4. The Kier molecular flexibility index (Phi) is 15.5. The molecular weight excluding hydrogens is 1050 g/mol. The number of hydrogen-bond donors (Lipinski definition) is 5. The topological polar surface area (TPSA) is 193 Å². The van der Waals surface area contributed by atoms with Gasteiger partial charge in [-0.15, -0.1) is 0 Å². The van der Waals surface area contributed by atoms with Crippen molar-refractivity contribution in [2.75, 3.05) is 56.5 Å². The van der Waals surface area contributed by atoms with Gasteiger partial charge >= 0.3 is 6.61 Å². The maximum absolute atomic E-state index is 14.9. The molecule has 80 heavy (non-hydrogen) atoms. The summed E-state index contributed by atoms with van der Waals surface area (Å²) in [5, 5.41) is 26.7. The second-order valence-corrected chi connectivity index (χ2v) is 24.9. The number of rotatable bonds is 17. The van der Waals surface area contributed by atoms with Gasteiger partial charge < -0.3 is 40.1 Å². The van der Waals surface area contributed by atoms with Crippen LogP contribution in [-0.2, 0) is 23.0 Å². The van der Waals surface area contributed by atoms with E-state index in [2.05, 4.69) is 82.5 Å². The predicted molar refractivity (Wildman–Crippen MR) is 301 cm³/mol. The number of carbonyl (C=O) groups is 1. The molecule has 11 rings (SSSR count). The van der Waals surface area contributed by atoms with Crippen molar-refractivity contribution in [1.82, 2.24) is 29.5 Å². The van der Waals surface area contributed by atoms with Crippen molar-refractivity contribution in [3.63, 3.8) is 0 Å². The molecule has 4 fully saturated rings. The van der Waals surface area contributed by atoms with Crippen LogP contribution in [0, 0.1) is 16.5 Å². The lowest BCUT2D eigenvalue weighted by Crippen LogP contribution is -2.98. The highest BCUT2D eigenvalue weighted by atomic mass is 32.2. The van der Waals surface area contributed by atoms with Crippen molar-refractivity contribution in [3.8, 4) is 17.4 Å². The van der Waals surface area contributed by atoms with E-state index in [9.17, 15) is 36.7 Å². The lowest BCUT2D eigenvalue weighted by atomic mass is 9.59. The zero-order chi connectivity index (χ0) is 56.1. The highest BCUT2D eigenvalue weighted by Gasteiger charge is 2.50. The van der Waals surface area contributed by atoms with E-state index < -0.39 is 39.0 Å². The van der Waals surface area contributed by atoms with Crippen LogP contribution in [0.15, 0.2) is 102 Å². The number of piperidine rings is 1. The molecule has 1 unspecified atom stereocenters. The summed E-state index contributed by atoms with van der Waals surface area (Å²) in [4.78, 5) is 33.3. The van der Waals surface area contributed by atoms with Crippen LogP contribution in [0.1, 0.15) is 122 Å². The van der Waals surface area contributed by atoms with Gasteiger partial charge in [0.2, 0.25) is 5.88 Å². The Hall–Kier alpha value is -6.55. The molecule has 2 saturated carbocycles. The van der Waals surface area contributed by atoms with Crippen molar-refractivity contribution in [3.05, 3.63) is 136 Å². The Bertz CT molecular complexity index is 3380. The number of anilines is 2. The lowest BCUT2D eigenvalue weighted by molar-refractivity contribution is -0.750. The molecule has 1 amide bonds. The van der Waals surface area contributed by atoms with Gasteiger partial charge in [0.1, 0.15) is 39.1 Å². The van der Waals surface area contributed by atoms with Gasteiger partial charge in [-0.25, -0.2) is 27.5 Å². The molecule has 1 spiro atoms. The van der Waals surface area contributed by atoms with Crippen molar-refractivity contribution in [1.29, 1.82) is 0 Å². The highest BCUT2D eigenvalue weighted by Crippen LogP contribution is 2.53. The monoisotopic (exact) mass is 1120 g/mol. The first-order chi connectivity index (χ1) is 38.3. The third-order valence-electron chi connectivity index (χ3n) is 17.5. The number of halogens is 3. The number of alkyl halides is 2. The highest BCUT2D eigenvalue weighted by molar-refractivity contribution is 7.90.